The number of rotatable bonds is 83. The summed E-state index contributed by atoms with van der Waals surface area (Å²) in [6.07, 6.45) is 66.5. The van der Waals surface area contributed by atoms with Gasteiger partial charge in [0.15, 0.2) is 12.2 Å². The molecule has 0 rings (SSSR count). The molecule has 0 aliphatic rings. The molecule has 3 N–H and O–H groups in total. The highest BCUT2D eigenvalue weighted by molar-refractivity contribution is 7.47. The van der Waals surface area contributed by atoms with Crippen LogP contribution in [0.5, 0.6) is 0 Å². The van der Waals surface area contributed by atoms with Crippen LogP contribution in [0.3, 0.4) is 0 Å². The number of unbranched alkanes of at least 4 members (excludes halogenated alkanes) is 53. The first-order valence-corrected chi connectivity index (χ1v) is 46.5. The number of esters is 4. The van der Waals surface area contributed by atoms with Crippen LogP contribution in [0, 0.1) is 11.8 Å². The molecule has 17 nitrogen and oxygen atoms in total. The zero-order chi connectivity index (χ0) is 75.6. The summed E-state index contributed by atoms with van der Waals surface area (Å²) in [4.78, 5) is 73.2. The fraction of sp³-hybridized carbons (Fsp3) is 0.952. The van der Waals surface area contributed by atoms with Gasteiger partial charge in [-0.3, -0.25) is 37.3 Å². The minimum absolute atomic E-state index is 0.108. The van der Waals surface area contributed by atoms with Crippen molar-refractivity contribution in [1.29, 1.82) is 0 Å². The van der Waals surface area contributed by atoms with Crippen LogP contribution in [-0.4, -0.2) is 96.7 Å². The van der Waals surface area contributed by atoms with Gasteiger partial charge in [0.2, 0.25) is 0 Å². The number of carbonyl (C=O) groups excluding carboxylic acids is 4. The molecule has 0 spiro atoms. The minimum Gasteiger partial charge on any atom is -0.462 e. The number of aliphatic hydroxyl groups excluding tert-OH is 1. The summed E-state index contributed by atoms with van der Waals surface area (Å²) in [6, 6.07) is 0. The SMILES string of the molecule is CCCCCCCCCCCCCCCC(=O)OC[C@H](COP(=O)(O)OC[C@H](O)COP(=O)(O)OC[C@@H](COC(=O)CCCCCCCCCCCCCCCC(C)C)OC(=O)CCCCCCCCCCCCCCCCCCCCC(C)C)OC(=O)CCCCCCCCCCCCCCC. The van der Waals surface area contributed by atoms with Crippen molar-refractivity contribution < 1.29 is 80.2 Å². The monoisotopic (exact) mass is 1510 g/mol. The fourth-order valence-corrected chi connectivity index (χ4v) is 14.6. The van der Waals surface area contributed by atoms with E-state index in [1.165, 1.54) is 263 Å². The molecule has 2 unspecified atom stereocenters. The number of ether oxygens (including phenoxy) is 4. The lowest BCUT2D eigenvalue weighted by atomic mass is 10.0. The Bertz CT molecular complexity index is 1980. The van der Waals surface area contributed by atoms with Crippen molar-refractivity contribution in [3.05, 3.63) is 0 Å². The Morgan fingerprint density at radius 2 is 0.447 bits per heavy atom. The van der Waals surface area contributed by atoms with Crippen LogP contribution in [0.1, 0.15) is 446 Å². The summed E-state index contributed by atoms with van der Waals surface area (Å²) in [5.74, 6) is -0.490. The Kier molecular flexibility index (Phi) is 74.1. The fourth-order valence-electron chi connectivity index (χ4n) is 13.1. The van der Waals surface area contributed by atoms with Crippen molar-refractivity contribution in [2.45, 2.75) is 464 Å². The lowest BCUT2D eigenvalue weighted by Crippen LogP contribution is -2.30. The van der Waals surface area contributed by atoms with E-state index in [1.54, 1.807) is 0 Å². The predicted octanol–water partition coefficient (Wildman–Crippen LogP) is 25.5. The van der Waals surface area contributed by atoms with E-state index in [1.807, 2.05) is 0 Å². The van der Waals surface area contributed by atoms with Crippen LogP contribution < -0.4 is 0 Å². The van der Waals surface area contributed by atoms with Crippen molar-refractivity contribution in [1.82, 2.24) is 0 Å². The van der Waals surface area contributed by atoms with Crippen LogP contribution in [0.2, 0.25) is 0 Å². The minimum atomic E-state index is -4.96. The molecule has 612 valence electrons. The van der Waals surface area contributed by atoms with Crippen molar-refractivity contribution in [3.8, 4) is 0 Å². The predicted molar refractivity (Wildman–Crippen MR) is 423 cm³/mol. The molecule has 0 aromatic heterocycles. The smallest absolute Gasteiger partial charge is 0.462 e. The third-order valence-corrected chi connectivity index (χ3v) is 21.6. The van der Waals surface area contributed by atoms with Gasteiger partial charge in [-0.25, -0.2) is 9.13 Å². The van der Waals surface area contributed by atoms with Crippen molar-refractivity contribution in [2.24, 2.45) is 11.8 Å². The molecule has 0 aromatic rings. The Morgan fingerprint density at radius 1 is 0.262 bits per heavy atom. The molecule has 0 amide bonds. The highest BCUT2D eigenvalue weighted by Gasteiger charge is 2.30. The van der Waals surface area contributed by atoms with Crippen LogP contribution in [0.15, 0.2) is 0 Å². The third kappa shape index (κ3) is 78.0. The van der Waals surface area contributed by atoms with E-state index in [4.69, 9.17) is 37.0 Å². The zero-order valence-corrected chi connectivity index (χ0v) is 69.4. The number of carbonyl (C=O) groups is 4. The van der Waals surface area contributed by atoms with Crippen molar-refractivity contribution in [3.63, 3.8) is 0 Å². The Hall–Kier alpha value is -1.94. The summed E-state index contributed by atoms with van der Waals surface area (Å²) in [6.45, 7) is 9.72. The highest BCUT2D eigenvalue weighted by Crippen LogP contribution is 2.45. The van der Waals surface area contributed by atoms with Crippen LogP contribution in [0.25, 0.3) is 0 Å². The topological polar surface area (TPSA) is 237 Å². The zero-order valence-electron chi connectivity index (χ0n) is 67.6. The number of hydrogen-bond donors (Lipinski definition) is 3. The molecule has 0 heterocycles. The maximum Gasteiger partial charge on any atom is 0.472 e. The average molecular weight is 1510 g/mol. The standard InChI is InChI=1S/C84H164O17P2/c1-7-9-11-13-15-17-19-28-36-42-48-54-60-66-81(86)94-72-79(100-83(88)68-62-56-50-44-38-29-20-18-16-14-12-10-8-2)74-98-102(90,91)96-70-78(85)71-97-103(92,93)99-75-80(73-95-82(87)67-61-55-49-43-37-33-27-31-35-41-47-53-59-65-77(5)6)101-84(89)69-63-57-51-45-39-32-26-24-22-21-23-25-30-34-40-46-52-58-64-76(3)4/h76-80,85H,7-75H2,1-6H3,(H,90,91)(H,92,93)/t78-,79+,80+/m0/s1. The molecule has 0 fully saturated rings. The van der Waals surface area contributed by atoms with E-state index in [9.17, 15) is 43.2 Å². The lowest BCUT2D eigenvalue weighted by Gasteiger charge is -2.21. The molecular formula is C84H164O17P2. The molecule has 0 aliphatic carbocycles. The summed E-state index contributed by atoms with van der Waals surface area (Å²) in [5.41, 5.74) is 0. The number of aliphatic hydroxyl groups is 1. The van der Waals surface area contributed by atoms with Crippen LogP contribution in [-0.2, 0) is 65.4 Å². The third-order valence-electron chi connectivity index (χ3n) is 19.7. The first-order valence-electron chi connectivity index (χ1n) is 43.5. The Morgan fingerprint density at radius 3 is 0.660 bits per heavy atom. The van der Waals surface area contributed by atoms with E-state index < -0.39 is 97.5 Å². The average Bonchev–Trinajstić information content (AvgIpc) is 0.924. The van der Waals surface area contributed by atoms with Gasteiger partial charge in [0.1, 0.15) is 19.3 Å². The highest BCUT2D eigenvalue weighted by atomic mass is 31.2. The maximum atomic E-state index is 13.1. The Balaban J connectivity index is 5.24. The van der Waals surface area contributed by atoms with Gasteiger partial charge in [-0.05, 0) is 37.5 Å². The summed E-state index contributed by atoms with van der Waals surface area (Å²) >= 11 is 0. The number of phosphoric acid groups is 2. The summed E-state index contributed by atoms with van der Waals surface area (Å²) in [7, 11) is -9.92. The van der Waals surface area contributed by atoms with Gasteiger partial charge in [0, 0.05) is 25.7 Å². The molecule has 0 aromatic carbocycles. The van der Waals surface area contributed by atoms with Crippen LogP contribution in [0.4, 0.5) is 0 Å². The quantitative estimate of drug-likeness (QED) is 0.0222. The van der Waals surface area contributed by atoms with Gasteiger partial charge < -0.3 is 33.8 Å². The first-order chi connectivity index (χ1) is 49.9. The van der Waals surface area contributed by atoms with Gasteiger partial charge in [0.05, 0.1) is 26.4 Å². The molecule has 0 saturated heterocycles. The van der Waals surface area contributed by atoms with Gasteiger partial charge in [-0.15, -0.1) is 0 Å². The second-order valence-corrected chi connectivity index (χ2v) is 34.1. The van der Waals surface area contributed by atoms with Crippen molar-refractivity contribution >= 4 is 39.5 Å². The van der Waals surface area contributed by atoms with Crippen molar-refractivity contribution in [2.75, 3.05) is 39.6 Å². The number of hydrogen-bond acceptors (Lipinski definition) is 15. The van der Waals surface area contributed by atoms with E-state index in [2.05, 4.69) is 41.5 Å². The van der Waals surface area contributed by atoms with E-state index in [0.717, 1.165) is 102 Å². The molecule has 103 heavy (non-hydrogen) atoms. The van der Waals surface area contributed by atoms with E-state index in [-0.39, 0.29) is 25.7 Å². The molecule has 5 atom stereocenters. The van der Waals surface area contributed by atoms with Crippen LogP contribution >= 0.6 is 15.6 Å². The maximum absolute atomic E-state index is 13.1. The van der Waals surface area contributed by atoms with Gasteiger partial charge >= 0.3 is 39.5 Å². The summed E-state index contributed by atoms with van der Waals surface area (Å²) in [5, 5.41) is 10.7. The Labute approximate surface area is 632 Å². The number of phosphoric ester groups is 2. The first kappa shape index (κ1) is 101. The molecular weight excluding hydrogens is 1340 g/mol. The van der Waals surface area contributed by atoms with Gasteiger partial charge in [-0.1, -0.05) is 395 Å². The normalized spacial score (nSPS) is 13.9. The van der Waals surface area contributed by atoms with Gasteiger partial charge in [-0.2, -0.15) is 0 Å². The molecule has 0 saturated carbocycles. The molecule has 19 heteroatoms. The molecule has 0 bridgehead atoms. The van der Waals surface area contributed by atoms with E-state index >= 15 is 0 Å². The lowest BCUT2D eigenvalue weighted by molar-refractivity contribution is -0.161. The second-order valence-electron chi connectivity index (χ2n) is 31.2. The van der Waals surface area contributed by atoms with Gasteiger partial charge in [0.25, 0.3) is 0 Å². The summed E-state index contributed by atoms with van der Waals surface area (Å²) < 4.78 is 68.8. The largest absolute Gasteiger partial charge is 0.472 e. The molecule has 0 radical (unpaired) electrons. The second kappa shape index (κ2) is 75.5. The molecule has 0 aliphatic heterocycles. The van der Waals surface area contributed by atoms with E-state index in [0.29, 0.717) is 25.7 Å².